The maximum absolute atomic E-state index is 13.9. The normalized spacial score (nSPS) is 10.8. The molecule has 88 valence electrons. The van der Waals surface area contributed by atoms with Crippen LogP contribution < -0.4 is 5.73 Å². The highest BCUT2D eigenvalue weighted by molar-refractivity contribution is 7.80. The average molecular weight is 242 g/mol. The van der Waals surface area contributed by atoms with Crippen LogP contribution in [0.25, 0.3) is 0 Å². The molecule has 1 rings (SSSR count). The second-order valence-corrected chi connectivity index (χ2v) is 4.04. The Kier molecular flexibility index (Phi) is 4.79. The number of likely N-dealkylation sites (N-methyl/N-ethyl adjacent to an activating group) is 1. The zero-order chi connectivity index (χ0) is 12.1. The number of benzene rings is 1. The van der Waals surface area contributed by atoms with Crippen LogP contribution in [-0.2, 0) is 6.54 Å². The molecule has 0 amide bonds. The summed E-state index contributed by atoms with van der Waals surface area (Å²) in [5, 5.41) is 8.75. The highest BCUT2D eigenvalue weighted by Gasteiger charge is 2.11. The van der Waals surface area contributed by atoms with Crippen LogP contribution in [0.2, 0.25) is 0 Å². The monoisotopic (exact) mass is 242 g/mol. The third-order valence-electron chi connectivity index (χ3n) is 2.27. The van der Waals surface area contributed by atoms with E-state index in [2.05, 4.69) is 0 Å². The van der Waals surface area contributed by atoms with Gasteiger partial charge in [0.05, 0.1) is 6.61 Å². The summed E-state index contributed by atoms with van der Waals surface area (Å²) in [6.45, 7) is 0.965. The number of nitrogens with two attached hydrogens (primary N) is 1. The number of hydrogen-bond acceptors (Lipinski definition) is 3. The molecule has 0 unspecified atom stereocenters. The molecular weight excluding hydrogens is 227 g/mol. The lowest BCUT2D eigenvalue weighted by molar-refractivity contribution is 0.216. The van der Waals surface area contributed by atoms with Gasteiger partial charge in [0, 0.05) is 24.2 Å². The van der Waals surface area contributed by atoms with Gasteiger partial charge in [-0.15, -0.1) is 0 Å². The Morgan fingerprint density at radius 2 is 2.25 bits per heavy atom. The summed E-state index contributed by atoms with van der Waals surface area (Å²) >= 11 is 4.76. The van der Waals surface area contributed by atoms with Crippen molar-refractivity contribution in [3.63, 3.8) is 0 Å². The molecule has 16 heavy (non-hydrogen) atoms. The van der Waals surface area contributed by atoms with E-state index in [0.717, 1.165) is 0 Å². The van der Waals surface area contributed by atoms with Crippen LogP contribution in [0.3, 0.4) is 0 Å². The molecule has 0 fully saturated rings. The van der Waals surface area contributed by atoms with Gasteiger partial charge in [-0.3, -0.25) is 4.90 Å². The van der Waals surface area contributed by atoms with E-state index < -0.39 is 0 Å². The Morgan fingerprint density at radius 3 is 2.81 bits per heavy atom. The number of halogens is 1. The van der Waals surface area contributed by atoms with Crippen molar-refractivity contribution in [2.24, 2.45) is 5.73 Å². The van der Waals surface area contributed by atoms with Gasteiger partial charge >= 0.3 is 0 Å². The third-order valence-corrected chi connectivity index (χ3v) is 2.49. The molecule has 3 nitrogen and oxygen atoms in total. The Labute approximate surface area is 99.7 Å². The molecule has 1 aromatic rings. The van der Waals surface area contributed by atoms with Gasteiger partial charge in [0.1, 0.15) is 10.8 Å². The highest BCUT2D eigenvalue weighted by atomic mass is 32.1. The fourth-order valence-electron chi connectivity index (χ4n) is 1.43. The van der Waals surface area contributed by atoms with Crippen LogP contribution in [0.15, 0.2) is 18.2 Å². The molecule has 1 aromatic carbocycles. The van der Waals surface area contributed by atoms with Gasteiger partial charge in [-0.1, -0.05) is 24.4 Å². The van der Waals surface area contributed by atoms with Crippen molar-refractivity contribution >= 4 is 17.2 Å². The lowest BCUT2D eigenvalue weighted by Crippen LogP contribution is -2.23. The van der Waals surface area contributed by atoms with Crippen molar-refractivity contribution in [3.8, 4) is 0 Å². The standard InChI is InChI=1S/C11H15FN2OS/c1-14(5-6-15)7-8-3-2-4-9(10(8)12)11(13)16/h2-4,15H,5-7H2,1H3,(H2,13,16). The van der Waals surface area contributed by atoms with E-state index in [4.69, 9.17) is 23.1 Å². The van der Waals surface area contributed by atoms with Gasteiger partial charge in [0.25, 0.3) is 0 Å². The zero-order valence-corrected chi connectivity index (χ0v) is 9.93. The van der Waals surface area contributed by atoms with E-state index in [-0.39, 0.29) is 23.0 Å². The van der Waals surface area contributed by atoms with Gasteiger partial charge in [-0.2, -0.15) is 0 Å². The smallest absolute Gasteiger partial charge is 0.137 e. The molecule has 0 heterocycles. The number of nitrogens with zero attached hydrogens (tertiary/aromatic N) is 1. The molecule has 0 radical (unpaired) electrons. The molecule has 0 aliphatic rings. The minimum Gasteiger partial charge on any atom is -0.395 e. The van der Waals surface area contributed by atoms with Gasteiger partial charge < -0.3 is 10.8 Å². The molecule has 0 atom stereocenters. The highest BCUT2D eigenvalue weighted by Crippen LogP contribution is 2.14. The van der Waals surface area contributed by atoms with E-state index in [0.29, 0.717) is 18.7 Å². The molecule has 0 bridgehead atoms. The van der Waals surface area contributed by atoms with Crippen LogP contribution in [0.4, 0.5) is 4.39 Å². The van der Waals surface area contributed by atoms with E-state index in [1.54, 1.807) is 18.2 Å². The fraction of sp³-hybridized carbons (Fsp3) is 0.364. The third kappa shape index (κ3) is 3.23. The van der Waals surface area contributed by atoms with Gasteiger partial charge in [0.15, 0.2) is 0 Å². The minimum atomic E-state index is -0.375. The van der Waals surface area contributed by atoms with Crippen LogP contribution in [0.1, 0.15) is 11.1 Å². The lowest BCUT2D eigenvalue weighted by Gasteiger charge is -2.16. The van der Waals surface area contributed by atoms with Crippen molar-refractivity contribution in [2.45, 2.75) is 6.54 Å². The van der Waals surface area contributed by atoms with Gasteiger partial charge in [-0.05, 0) is 13.1 Å². The lowest BCUT2D eigenvalue weighted by atomic mass is 10.1. The molecule has 0 spiro atoms. The summed E-state index contributed by atoms with van der Waals surface area (Å²) in [6, 6.07) is 4.97. The van der Waals surface area contributed by atoms with Crippen molar-refractivity contribution in [1.82, 2.24) is 4.90 Å². The van der Waals surface area contributed by atoms with Crippen molar-refractivity contribution < 1.29 is 9.50 Å². The largest absolute Gasteiger partial charge is 0.395 e. The first-order chi connectivity index (χ1) is 7.56. The number of rotatable bonds is 5. The Balaban J connectivity index is 2.89. The van der Waals surface area contributed by atoms with Crippen molar-refractivity contribution in [2.75, 3.05) is 20.2 Å². The number of aliphatic hydroxyl groups excluding tert-OH is 1. The summed E-state index contributed by atoms with van der Waals surface area (Å²) in [4.78, 5) is 1.88. The molecule has 0 saturated heterocycles. The molecule has 0 aliphatic carbocycles. The first-order valence-corrected chi connectivity index (χ1v) is 5.33. The number of aliphatic hydroxyl groups is 1. The first kappa shape index (κ1) is 13.0. The fourth-order valence-corrected chi connectivity index (χ4v) is 1.59. The quantitative estimate of drug-likeness (QED) is 0.753. The van der Waals surface area contributed by atoms with Crippen LogP contribution in [0, 0.1) is 5.82 Å². The maximum atomic E-state index is 13.9. The summed E-state index contributed by atoms with van der Waals surface area (Å²) in [7, 11) is 1.81. The molecule has 0 saturated carbocycles. The van der Waals surface area contributed by atoms with E-state index >= 15 is 0 Å². The van der Waals surface area contributed by atoms with Gasteiger partial charge in [0.2, 0.25) is 0 Å². The summed E-state index contributed by atoms with van der Waals surface area (Å²) in [6.07, 6.45) is 0. The number of hydrogen-bond donors (Lipinski definition) is 2. The Morgan fingerprint density at radius 1 is 1.56 bits per heavy atom. The molecule has 0 aromatic heterocycles. The Bertz CT molecular complexity index is 384. The zero-order valence-electron chi connectivity index (χ0n) is 9.11. The van der Waals surface area contributed by atoms with Crippen LogP contribution in [-0.4, -0.2) is 35.2 Å². The van der Waals surface area contributed by atoms with Crippen molar-refractivity contribution in [1.29, 1.82) is 0 Å². The summed E-state index contributed by atoms with van der Waals surface area (Å²) in [5.41, 5.74) is 6.21. The topological polar surface area (TPSA) is 49.5 Å². The minimum absolute atomic E-state index is 0.0487. The predicted octanol–water partition coefficient (Wildman–Crippen LogP) is 0.884. The SMILES string of the molecule is CN(CCO)Cc1cccc(C(N)=S)c1F. The van der Waals surface area contributed by atoms with Crippen LogP contribution in [0.5, 0.6) is 0 Å². The first-order valence-electron chi connectivity index (χ1n) is 4.93. The summed E-state index contributed by atoms with van der Waals surface area (Å²) in [5.74, 6) is -0.375. The van der Waals surface area contributed by atoms with E-state index in [1.165, 1.54) is 0 Å². The van der Waals surface area contributed by atoms with E-state index in [1.807, 2.05) is 11.9 Å². The maximum Gasteiger partial charge on any atom is 0.137 e. The summed E-state index contributed by atoms with van der Waals surface area (Å²) < 4.78 is 13.9. The average Bonchev–Trinajstić information content (AvgIpc) is 2.21. The Hall–Kier alpha value is -1.04. The van der Waals surface area contributed by atoms with E-state index in [9.17, 15) is 4.39 Å². The molecular formula is C11H15FN2OS. The van der Waals surface area contributed by atoms with Gasteiger partial charge in [-0.25, -0.2) is 4.39 Å². The predicted molar refractivity (Wildman–Crippen MR) is 65.7 cm³/mol. The van der Waals surface area contributed by atoms with Crippen molar-refractivity contribution in [3.05, 3.63) is 35.1 Å². The molecule has 0 aliphatic heterocycles. The molecule has 5 heteroatoms. The second-order valence-electron chi connectivity index (χ2n) is 3.60. The molecule has 3 N–H and O–H groups in total. The second kappa shape index (κ2) is 5.89. The van der Waals surface area contributed by atoms with Crippen LogP contribution >= 0.6 is 12.2 Å². The number of thiocarbonyl (C=S) groups is 1.